The second kappa shape index (κ2) is 3.23. The van der Waals surface area contributed by atoms with Crippen molar-refractivity contribution in [2.75, 3.05) is 5.73 Å². The fraction of sp³-hybridized carbons (Fsp3) is 0.333. The molecule has 5 nitrogen and oxygen atoms in total. The largest absolute Gasteiger partial charge is 0.507 e. The van der Waals surface area contributed by atoms with E-state index in [0.717, 1.165) is 12.8 Å². The fourth-order valence-electron chi connectivity index (χ4n) is 1.72. The number of nitrogen functional groups attached to an aromatic ring is 1. The summed E-state index contributed by atoms with van der Waals surface area (Å²) < 4.78 is 5.18. The number of hydrogen-bond acceptors (Lipinski definition) is 5. The van der Waals surface area contributed by atoms with Crippen molar-refractivity contribution in [1.29, 1.82) is 0 Å². The predicted molar refractivity (Wildman–Crippen MR) is 62.4 cm³/mol. The first kappa shape index (κ1) is 10.1. The summed E-state index contributed by atoms with van der Waals surface area (Å²) in [4.78, 5) is 4.33. The van der Waals surface area contributed by atoms with Gasteiger partial charge in [-0.25, -0.2) is 0 Å². The molecule has 1 fully saturated rings. The third-order valence-electron chi connectivity index (χ3n) is 3.22. The molecule has 0 amide bonds. The summed E-state index contributed by atoms with van der Waals surface area (Å²) in [7, 11) is 0. The number of aromatic hydroxyl groups is 1. The summed E-state index contributed by atoms with van der Waals surface area (Å²) >= 11 is 0. The summed E-state index contributed by atoms with van der Waals surface area (Å²) in [6.07, 6.45) is 2.17. The fourth-order valence-corrected chi connectivity index (χ4v) is 1.72. The molecule has 3 rings (SSSR count). The van der Waals surface area contributed by atoms with E-state index >= 15 is 0 Å². The smallest absolute Gasteiger partial charge is 0.261 e. The van der Waals surface area contributed by atoms with Crippen LogP contribution in [0.25, 0.3) is 11.5 Å². The van der Waals surface area contributed by atoms with E-state index in [2.05, 4.69) is 17.1 Å². The van der Waals surface area contributed by atoms with Crippen molar-refractivity contribution in [2.24, 2.45) is 0 Å². The van der Waals surface area contributed by atoms with Crippen LogP contribution >= 0.6 is 0 Å². The Hall–Kier alpha value is -2.04. The lowest BCUT2D eigenvalue weighted by Gasteiger charge is -2.00. The second-order valence-electron chi connectivity index (χ2n) is 4.76. The predicted octanol–water partition coefficient (Wildman–Crippen LogP) is 2.08. The van der Waals surface area contributed by atoms with Crippen LogP contribution in [0.5, 0.6) is 5.75 Å². The summed E-state index contributed by atoms with van der Waals surface area (Å²) in [6, 6.07) is 4.84. The highest BCUT2D eigenvalue weighted by Gasteiger charge is 2.43. The maximum absolute atomic E-state index is 9.76. The Morgan fingerprint density at radius 1 is 1.41 bits per heavy atom. The van der Waals surface area contributed by atoms with Gasteiger partial charge in [-0.15, -0.1) is 0 Å². The molecule has 1 heterocycles. The van der Waals surface area contributed by atoms with Gasteiger partial charge in [0.1, 0.15) is 5.75 Å². The standard InChI is InChI=1S/C12H13N3O2/c1-12(4-5-12)11-14-10(17-15-11)8-3-2-7(13)6-9(8)16/h2-3,6,16H,4-5,13H2,1H3. The molecule has 1 aromatic carbocycles. The molecule has 0 saturated heterocycles. The van der Waals surface area contributed by atoms with Gasteiger partial charge in [0.25, 0.3) is 5.89 Å². The molecule has 5 heteroatoms. The van der Waals surface area contributed by atoms with Crippen molar-refractivity contribution in [2.45, 2.75) is 25.2 Å². The van der Waals surface area contributed by atoms with Crippen molar-refractivity contribution < 1.29 is 9.63 Å². The number of hydrogen-bond donors (Lipinski definition) is 2. The summed E-state index contributed by atoms with van der Waals surface area (Å²) in [5, 5.41) is 13.7. The zero-order valence-corrected chi connectivity index (χ0v) is 9.47. The molecule has 1 aromatic heterocycles. The van der Waals surface area contributed by atoms with Gasteiger partial charge in [0.05, 0.1) is 5.56 Å². The van der Waals surface area contributed by atoms with E-state index in [1.165, 1.54) is 6.07 Å². The number of benzene rings is 1. The van der Waals surface area contributed by atoms with E-state index in [0.29, 0.717) is 23.0 Å². The number of aromatic nitrogens is 2. The van der Waals surface area contributed by atoms with Crippen molar-refractivity contribution in [3.8, 4) is 17.2 Å². The van der Waals surface area contributed by atoms with Gasteiger partial charge < -0.3 is 15.4 Å². The van der Waals surface area contributed by atoms with Crippen molar-refractivity contribution in [3.05, 3.63) is 24.0 Å². The molecular weight excluding hydrogens is 218 g/mol. The highest BCUT2D eigenvalue weighted by atomic mass is 16.5. The number of anilines is 1. The van der Waals surface area contributed by atoms with Gasteiger partial charge in [0, 0.05) is 17.2 Å². The van der Waals surface area contributed by atoms with Gasteiger partial charge in [-0.1, -0.05) is 12.1 Å². The molecule has 2 aromatic rings. The Bertz CT molecular complexity index is 573. The molecule has 1 saturated carbocycles. The van der Waals surface area contributed by atoms with Gasteiger partial charge in [-0.3, -0.25) is 0 Å². The third-order valence-corrected chi connectivity index (χ3v) is 3.22. The first-order valence-corrected chi connectivity index (χ1v) is 5.51. The lowest BCUT2D eigenvalue weighted by molar-refractivity contribution is 0.411. The Kier molecular flexibility index (Phi) is 1.92. The Morgan fingerprint density at radius 2 is 2.18 bits per heavy atom. The highest BCUT2D eigenvalue weighted by molar-refractivity contribution is 5.66. The van der Waals surface area contributed by atoms with Gasteiger partial charge in [0.2, 0.25) is 0 Å². The van der Waals surface area contributed by atoms with Crippen molar-refractivity contribution in [3.63, 3.8) is 0 Å². The Labute approximate surface area is 98.3 Å². The molecule has 3 N–H and O–H groups in total. The number of nitrogens with zero attached hydrogens (tertiary/aromatic N) is 2. The van der Waals surface area contributed by atoms with E-state index in [9.17, 15) is 5.11 Å². The molecule has 0 bridgehead atoms. The maximum atomic E-state index is 9.76. The lowest BCUT2D eigenvalue weighted by Crippen LogP contribution is -2.01. The quantitative estimate of drug-likeness (QED) is 0.773. The van der Waals surface area contributed by atoms with Crippen LogP contribution in [-0.2, 0) is 5.41 Å². The first-order chi connectivity index (χ1) is 8.08. The van der Waals surface area contributed by atoms with Gasteiger partial charge in [-0.2, -0.15) is 4.98 Å². The molecule has 17 heavy (non-hydrogen) atoms. The third kappa shape index (κ3) is 1.63. The monoisotopic (exact) mass is 231 g/mol. The van der Waals surface area contributed by atoms with E-state index in [-0.39, 0.29) is 11.2 Å². The van der Waals surface area contributed by atoms with Gasteiger partial charge in [0.15, 0.2) is 5.82 Å². The average molecular weight is 231 g/mol. The van der Waals surface area contributed by atoms with Crippen LogP contribution in [0.15, 0.2) is 22.7 Å². The van der Waals surface area contributed by atoms with Crippen LogP contribution in [0.2, 0.25) is 0 Å². The summed E-state index contributed by atoms with van der Waals surface area (Å²) in [5.74, 6) is 1.11. The molecule has 1 aliphatic rings. The molecule has 1 aliphatic carbocycles. The van der Waals surface area contributed by atoms with Crippen LogP contribution in [0.1, 0.15) is 25.6 Å². The maximum Gasteiger partial charge on any atom is 0.261 e. The molecule has 88 valence electrons. The van der Waals surface area contributed by atoms with Crippen LogP contribution in [-0.4, -0.2) is 15.2 Å². The number of phenolic OH excluding ortho intramolecular Hbond substituents is 1. The van der Waals surface area contributed by atoms with E-state index < -0.39 is 0 Å². The Morgan fingerprint density at radius 3 is 2.82 bits per heavy atom. The number of rotatable bonds is 2. The van der Waals surface area contributed by atoms with Crippen molar-refractivity contribution in [1.82, 2.24) is 10.1 Å². The number of nitrogens with two attached hydrogens (primary N) is 1. The first-order valence-electron chi connectivity index (χ1n) is 5.51. The molecule has 0 radical (unpaired) electrons. The van der Waals surface area contributed by atoms with Crippen LogP contribution in [0.3, 0.4) is 0 Å². The van der Waals surface area contributed by atoms with Gasteiger partial charge in [-0.05, 0) is 25.0 Å². The molecule has 0 aliphatic heterocycles. The minimum atomic E-state index is 0.0566. The van der Waals surface area contributed by atoms with Gasteiger partial charge >= 0.3 is 0 Å². The zero-order chi connectivity index (χ0) is 12.0. The second-order valence-corrected chi connectivity index (χ2v) is 4.76. The average Bonchev–Trinajstić information content (AvgIpc) is 2.85. The lowest BCUT2D eigenvalue weighted by atomic mass is 10.1. The SMILES string of the molecule is CC1(c2noc(-c3ccc(N)cc3O)n2)CC1. The molecular formula is C12H13N3O2. The van der Waals surface area contributed by atoms with Crippen LogP contribution < -0.4 is 5.73 Å². The summed E-state index contributed by atoms with van der Waals surface area (Å²) in [5.41, 5.74) is 6.64. The minimum absolute atomic E-state index is 0.0566. The minimum Gasteiger partial charge on any atom is -0.507 e. The molecule has 0 atom stereocenters. The van der Waals surface area contributed by atoms with Crippen LogP contribution in [0, 0.1) is 0 Å². The van der Waals surface area contributed by atoms with Crippen molar-refractivity contribution >= 4 is 5.69 Å². The van der Waals surface area contributed by atoms with E-state index in [4.69, 9.17) is 10.3 Å². The molecule has 0 spiro atoms. The van der Waals surface area contributed by atoms with E-state index in [1.807, 2.05) is 0 Å². The van der Waals surface area contributed by atoms with E-state index in [1.54, 1.807) is 12.1 Å². The Balaban J connectivity index is 2.01. The summed E-state index contributed by atoms with van der Waals surface area (Å²) in [6.45, 7) is 2.10. The number of phenols is 1. The van der Waals surface area contributed by atoms with Crippen LogP contribution in [0.4, 0.5) is 5.69 Å². The zero-order valence-electron chi connectivity index (χ0n) is 9.47. The topological polar surface area (TPSA) is 85.2 Å². The highest BCUT2D eigenvalue weighted by Crippen LogP contribution is 2.46. The normalized spacial score (nSPS) is 17.0. The molecule has 0 unspecified atom stereocenters.